The summed E-state index contributed by atoms with van der Waals surface area (Å²) in [5.74, 6) is 0.207. The highest BCUT2D eigenvalue weighted by Crippen LogP contribution is 2.38. The first-order valence-corrected chi connectivity index (χ1v) is 7.57. The molecule has 2 aromatic rings. The highest BCUT2D eigenvalue weighted by atomic mass is 32.1. The Morgan fingerprint density at radius 2 is 2.40 bits per heavy atom. The maximum atomic E-state index is 12.2. The molecular formula is C14H17N3O2S. The molecule has 2 N–H and O–H groups in total. The standard InChI is InChI=1S/C14H17N3O2S/c1-17-7-11(6-15-17)13(10-4-12(18)5-10)16-14(19)9-2-3-20-8-9/h2-3,6-8,10,12-13,18H,4-5H2,1H3,(H,16,19)/t10?,12?,13-/m1/s1. The first kappa shape index (κ1) is 13.3. The molecule has 1 fully saturated rings. The number of amides is 1. The normalized spacial score (nSPS) is 23.1. The van der Waals surface area contributed by atoms with E-state index in [9.17, 15) is 9.90 Å². The molecule has 0 aliphatic heterocycles. The Labute approximate surface area is 121 Å². The van der Waals surface area contributed by atoms with Crippen LogP contribution in [0.5, 0.6) is 0 Å². The topological polar surface area (TPSA) is 67.2 Å². The molecular weight excluding hydrogens is 274 g/mol. The molecule has 1 amide bonds. The molecule has 106 valence electrons. The van der Waals surface area contributed by atoms with Gasteiger partial charge in [-0.3, -0.25) is 9.48 Å². The molecule has 1 saturated carbocycles. The zero-order valence-corrected chi connectivity index (χ0v) is 12.0. The number of carbonyl (C=O) groups is 1. The molecule has 0 unspecified atom stereocenters. The Bertz CT molecular complexity index is 587. The van der Waals surface area contributed by atoms with Gasteiger partial charge in [0.15, 0.2) is 0 Å². The van der Waals surface area contributed by atoms with E-state index < -0.39 is 0 Å². The van der Waals surface area contributed by atoms with Gasteiger partial charge in [0.05, 0.1) is 23.9 Å². The number of hydrogen-bond donors (Lipinski definition) is 2. The molecule has 6 heteroatoms. The second-order valence-electron chi connectivity index (χ2n) is 5.30. The number of rotatable bonds is 4. The molecule has 2 aromatic heterocycles. The molecule has 0 spiro atoms. The van der Waals surface area contributed by atoms with Gasteiger partial charge in [-0.25, -0.2) is 0 Å². The van der Waals surface area contributed by atoms with E-state index in [1.807, 2.05) is 30.1 Å². The minimum absolute atomic E-state index is 0.0681. The molecule has 1 aliphatic carbocycles. The van der Waals surface area contributed by atoms with Crippen LogP contribution < -0.4 is 5.32 Å². The monoisotopic (exact) mass is 291 g/mol. The molecule has 1 aliphatic rings. The van der Waals surface area contributed by atoms with E-state index in [2.05, 4.69) is 10.4 Å². The molecule has 5 nitrogen and oxygen atoms in total. The van der Waals surface area contributed by atoms with Gasteiger partial charge in [-0.2, -0.15) is 16.4 Å². The molecule has 2 heterocycles. The second-order valence-corrected chi connectivity index (χ2v) is 6.08. The zero-order valence-electron chi connectivity index (χ0n) is 11.2. The summed E-state index contributed by atoms with van der Waals surface area (Å²) in [6, 6.07) is 1.73. The lowest BCUT2D eigenvalue weighted by Crippen LogP contribution is -2.41. The Hall–Kier alpha value is -1.66. The van der Waals surface area contributed by atoms with Crippen LogP contribution in [0.25, 0.3) is 0 Å². The molecule has 0 bridgehead atoms. The number of thiophene rings is 1. The van der Waals surface area contributed by atoms with Crippen molar-refractivity contribution in [2.45, 2.75) is 25.0 Å². The number of nitrogens with zero attached hydrogens (tertiary/aromatic N) is 2. The van der Waals surface area contributed by atoms with Crippen molar-refractivity contribution in [2.24, 2.45) is 13.0 Å². The summed E-state index contributed by atoms with van der Waals surface area (Å²) in [5.41, 5.74) is 1.68. The number of aromatic nitrogens is 2. The maximum absolute atomic E-state index is 12.2. The quantitative estimate of drug-likeness (QED) is 0.901. The van der Waals surface area contributed by atoms with Gasteiger partial charge in [0.1, 0.15) is 0 Å². The maximum Gasteiger partial charge on any atom is 0.252 e. The van der Waals surface area contributed by atoms with E-state index >= 15 is 0 Å². The van der Waals surface area contributed by atoms with E-state index in [-0.39, 0.29) is 24.0 Å². The van der Waals surface area contributed by atoms with Crippen LogP contribution in [0, 0.1) is 5.92 Å². The fraction of sp³-hybridized carbons (Fsp3) is 0.429. The van der Waals surface area contributed by atoms with Gasteiger partial charge in [-0.1, -0.05) is 0 Å². The minimum Gasteiger partial charge on any atom is -0.393 e. The van der Waals surface area contributed by atoms with E-state index in [0.717, 1.165) is 18.4 Å². The average Bonchev–Trinajstić information content (AvgIpc) is 3.03. The highest BCUT2D eigenvalue weighted by Gasteiger charge is 2.36. The first-order valence-electron chi connectivity index (χ1n) is 6.63. The minimum atomic E-state index is -0.239. The van der Waals surface area contributed by atoms with E-state index in [4.69, 9.17) is 0 Å². The van der Waals surface area contributed by atoms with Gasteiger partial charge in [0.2, 0.25) is 0 Å². The molecule has 3 rings (SSSR count). The van der Waals surface area contributed by atoms with Crippen LogP contribution in [0.15, 0.2) is 29.2 Å². The Balaban J connectivity index is 1.77. The van der Waals surface area contributed by atoms with Crippen molar-refractivity contribution in [1.29, 1.82) is 0 Å². The lowest BCUT2D eigenvalue weighted by atomic mass is 9.75. The van der Waals surface area contributed by atoms with E-state index in [1.165, 1.54) is 11.3 Å². The first-order chi connectivity index (χ1) is 9.63. The third-order valence-electron chi connectivity index (χ3n) is 3.77. The largest absolute Gasteiger partial charge is 0.393 e. The van der Waals surface area contributed by atoms with Crippen molar-refractivity contribution >= 4 is 17.2 Å². The summed E-state index contributed by atoms with van der Waals surface area (Å²) >= 11 is 1.51. The van der Waals surface area contributed by atoms with Crippen LogP contribution in [0.3, 0.4) is 0 Å². The summed E-state index contributed by atoms with van der Waals surface area (Å²) in [4.78, 5) is 12.2. The number of aliphatic hydroxyl groups is 1. The molecule has 20 heavy (non-hydrogen) atoms. The summed E-state index contributed by atoms with van der Waals surface area (Å²) in [7, 11) is 1.86. The predicted octanol–water partition coefficient (Wildman–Crippen LogP) is 1.72. The molecule has 0 radical (unpaired) electrons. The predicted molar refractivity (Wildman–Crippen MR) is 76.5 cm³/mol. The molecule has 1 atom stereocenters. The van der Waals surface area contributed by atoms with Crippen molar-refractivity contribution in [3.8, 4) is 0 Å². The number of hydrogen-bond acceptors (Lipinski definition) is 4. The zero-order chi connectivity index (χ0) is 14.1. The molecule has 0 aromatic carbocycles. The summed E-state index contributed by atoms with van der Waals surface area (Å²) in [5, 5.41) is 20.5. The number of aliphatic hydroxyl groups excluding tert-OH is 1. The Kier molecular flexibility index (Phi) is 3.58. The van der Waals surface area contributed by atoms with E-state index in [1.54, 1.807) is 10.9 Å². The Morgan fingerprint density at radius 1 is 1.60 bits per heavy atom. The van der Waals surface area contributed by atoms with Crippen LogP contribution in [0.4, 0.5) is 0 Å². The summed E-state index contributed by atoms with van der Waals surface area (Å²) in [6.45, 7) is 0. The highest BCUT2D eigenvalue weighted by molar-refractivity contribution is 7.08. The van der Waals surface area contributed by atoms with Crippen LogP contribution in [0.2, 0.25) is 0 Å². The second kappa shape index (κ2) is 5.38. The third-order valence-corrected chi connectivity index (χ3v) is 4.46. The van der Waals surface area contributed by atoms with Gasteiger partial charge < -0.3 is 10.4 Å². The van der Waals surface area contributed by atoms with Crippen molar-refractivity contribution in [3.05, 3.63) is 40.3 Å². The van der Waals surface area contributed by atoms with Crippen molar-refractivity contribution in [1.82, 2.24) is 15.1 Å². The SMILES string of the molecule is Cn1cc([C@H](NC(=O)c2ccsc2)C2CC(O)C2)cn1. The smallest absolute Gasteiger partial charge is 0.252 e. The van der Waals surface area contributed by atoms with Crippen LogP contribution in [0.1, 0.15) is 34.8 Å². The average molecular weight is 291 g/mol. The van der Waals surface area contributed by atoms with Crippen LogP contribution >= 0.6 is 11.3 Å². The van der Waals surface area contributed by atoms with Gasteiger partial charge >= 0.3 is 0 Å². The van der Waals surface area contributed by atoms with Crippen molar-refractivity contribution < 1.29 is 9.90 Å². The molecule has 0 saturated heterocycles. The van der Waals surface area contributed by atoms with Gasteiger partial charge in [-0.15, -0.1) is 0 Å². The van der Waals surface area contributed by atoms with Crippen molar-refractivity contribution in [2.75, 3.05) is 0 Å². The number of nitrogens with one attached hydrogen (secondary N) is 1. The van der Waals surface area contributed by atoms with E-state index in [0.29, 0.717) is 5.56 Å². The number of carbonyl (C=O) groups excluding carboxylic acids is 1. The van der Waals surface area contributed by atoms with Gasteiger partial charge in [0, 0.05) is 24.2 Å². The van der Waals surface area contributed by atoms with Crippen molar-refractivity contribution in [3.63, 3.8) is 0 Å². The van der Waals surface area contributed by atoms with Crippen LogP contribution in [-0.4, -0.2) is 26.9 Å². The van der Waals surface area contributed by atoms with Gasteiger partial charge in [-0.05, 0) is 30.2 Å². The summed E-state index contributed by atoms with van der Waals surface area (Å²) in [6.07, 6.45) is 4.91. The summed E-state index contributed by atoms with van der Waals surface area (Å²) < 4.78 is 1.73. The fourth-order valence-electron chi connectivity index (χ4n) is 2.59. The number of aryl methyl sites for hydroxylation is 1. The van der Waals surface area contributed by atoms with Crippen LogP contribution in [-0.2, 0) is 7.05 Å². The third kappa shape index (κ3) is 2.62. The fourth-order valence-corrected chi connectivity index (χ4v) is 3.23. The van der Waals surface area contributed by atoms with Gasteiger partial charge in [0.25, 0.3) is 5.91 Å². The Morgan fingerprint density at radius 3 is 2.95 bits per heavy atom. The lowest BCUT2D eigenvalue weighted by Gasteiger charge is -2.37. The lowest BCUT2D eigenvalue weighted by molar-refractivity contribution is 0.0235.